The van der Waals surface area contributed by atoms with E-state index in [1.54, 1.807) is 0 Å². The quantitative estimate of drug-likeness (QED) is 0.624. The predicted octanol–water partition coefficient (Wildman–Crippen LogP) is 5.74. The molecule has 2 aliphatic carbocycles. The summed E-state index contributed by atoms with van der Waals surface area (Å²) in [7, 11) is 0. The van der Waals surface area contributed by atoms with Crippen molar-refractivity contribution < 1.29 is 13.2 Å². The molecule has 2 saturated carbocycles. The highest BCUT2D eigenvalue weighted by Gasteiger charge is 2.45. The van der Waals surface area contributed by atoms with Crippen LogP contribution in [0.4, 0.5) is 13.2 Å². The van der Waals surface area contributed by atoms with E-state index in [0.717, 1.165) is 18.6 Å². The molecule has 0 atom stereocenters. The van der Waals surface area contributed by atoms with Crippen LogP contribution >= 0.6 is 0 Å². The van der Waals surface area contributed by atoms with Gasteiger partial charge in [0.25, 0.3) is 0 Å². The molecule has 1 aromatic rings. The van der Waals surface area contributed by atoms with E-state index in [-0.39, 0.29) is 5.41 Å². The van der Waals surface area contributed by atoms with Gasteiger partial charge in [0, 0.05) is 0 Å². The van der Waals surface area contributed by atoms with E-state index in [9.17, 15) is 13.2 Å². The maximum Gasteiger partial charge on any atom is 0.194 e. The van der Waals surface area contributed by atoms with Gasteiger partial charge in [-0.15, -0.1) is 0 Å². The molecule has 0 saturated heterocycles. The second-order valence-electron chi connectivity index (χ2n) is 7.79. The minimum absolute atomic E-state index is 0.325. The Hall–Kier alpha value is -0.990. The van der Waals surface area contributed by atoms with Crippen molar-refractivity contribution in [3.63, 3.8) is 0 Å². The molecule has 0 radical (unpaired) electrons. The van der Waals surface area contributed by atoms with Crippen molar-refractivity contribution >= 4 is 0 Å². The molecule has 3 rings (SSSR count). The molecule has 3 heteroatoms. The topological polar surface area (TPSA) is 0 Å². The van der Waals surface area contributed by atoms with Gasteiger partial charge >= 0.3 is 0 Å². The fourth-order valence-electron chi connectivity index (χ4n) is 3.96. The molecular weight excluding hydrogens is 273 g/mol. The van der Waals surface area contributed by atoms with E-state index in [0.29, 0.717) is 16.9 Å². The normalized spacial score (nSPS) is 21.8. The molecule has 1 aromatic carbocycles. The highest BCUT2D eigenvalue weighted by Crippen LogP contribution is 2.58. The van der Waals surface area contributed by atoms with Gasteiger partial charge in [-0.25, -0.2) is 13.2 Å². The van der Waals surface area contributed by atoms with Crippen LogP contribution in [0, 0.1) is 28.8 Å². The molecule has 0 aromatic heterocycles. The summed E-state index contributed by atoms with van der Waals surface area (Å²) >= 11 is 0. The van der Waals surface area contributed by atoms with Gasteiger partial charge in [-0.1, -0.05) is 13.8 Å². The third kappa shape index (κ3) is 2.97. The zero-order chi connectivity index (χ0) is 15.3. The van der Waals surface area contributed by atoms with Crippen molar-refractivity contribution in [2.45, 2.75) is 64.2 Å². The van der Waals surface area contributed by atoms with Crippen molar-refractivity contribution in [2.75, 3.05) is 0 Å². The van der Waals surface area contributed by atoms with Crippen LogP contribution < -0.4 is 0 Å². The summed E-state index contributed by atoms with van der Waals surface area (Å²) in [5.41, 5.74) is 0.897. The molecule has 0 heterocycles. The molecule has 0 aliphatic heterocycles. The lowest BCUT2D eigenvalue weighted by Crippen LogP contribution is -2.25. The predicted molar refractivity (Wildman–Crippen MR) is 77.6 cm³/mol. The van der Waals surface area contributed by atoms with Gasteiger partial charge in [0.15, 0.2) is 17.5 Å². The first-order valence-corrected chi connectivity index (χ1v) is 7.96. The van der Waals surface area contributed by atoms with Crippen LogP contribution in [-0.2, 0) is 5.41 Å². The lowest BCUT2D eigenvalue weighted by molar-refractivity contribution is 0.217. The largest absolute Gasteiger partial charge is 0.204 e. The van der Waals surface area contributed by atoms with Crippen molar-refractivity contribution in [3.8, 4) is 0 Å². The molecule has 2 fully saturated rings. The Morgan fingerprint density at radius 2 is 1.52 bits per heavy atom. The van der Waals surface area contributed by atoms with Crippen LogP contribution in [0.15, 0.2) is 12.1 Å². The Morgan fingerprint density at radius 1 is 1.00 bits per heavy atom. The Morgan fingerprint density at radius 3 is 2.00 bits per heavy atom. The summed E-state index contributed by atoms with van der Waals surface area (Å²) in [5.74, 6) is -2.93. The maximum atomic E-state index is 13.4. The second kappa shape index (κ2) is 5.03. The summed E-state index contributed by atoms with van der Waals surface area (Å²) in [5, 5.41) is 0. The minimum Gasteiger partial charge on any atom is -0.204 e. The lowest BCUT2D eigenvalue weighted by Gasteiger charge is -2.35. The van der Waals surface area contributed by atoms with Crippen molar-refractivity contribution in [3.05, 3.63) is 35.1 Å². The van der Waals surface area contributed by atoms with E-state index in [4.69, 9.17) is 0 Å². The highest BCUT2D eigenvalue weighted by atomic mass is 19.2. The van der Waals surface area contributed by atoms with Gasteiger partial charge in [0.2, 0.25) is 0 Å². The van der Waals surface area contributed by atoms with Gasteiger partial charge in [-0.3, -0.25) is 0 Å². The summed E-state index contributed by atoms with van der Waals surface area (Å²) in [6.07, 6.45) is 8.73. The Balaban J connectivity index is 1.71. The first-order chi connectivity index (χ1) is 9.81. The van der Waals surface area contributed by atoms with E-state index >= 15 is 0 Å². The average molecular weight is 296 g/mol. The molecular formula is C18H23F3. The molecule has 0 unspecified atom stereocenters. The molecule has 0 N–H and O–H groups in total. The standard InChI is InChI=1S/C18H23F3/c1-17(2,13-9-14(19)16(21)15(20)10-13)11-12-3-5-18(6-4-12)7-8-18/h9-10,12H,3-8,11H2,1-2H3. The van der Waals surface area contributed by atoms with E-state index in [2.05, 4.69) is 0 Å². The van der Waals surface area contributed by atoms with Crippen LogP contribution in [0.3, 0.4) is 0 Å². The summed E-state index contributed by atoms with van der Waals surface area (Å²) in [6.45, 7) is 4.00. The van der Waals surface area contributed by atoms with Crippen LogP contribution in [-0.4, -0.2) is 0 Å². The van der Waals surface area contributed by atoms with Crippen LogP contribution in [0.1, 0.15) is 64.4 Å². The van der Waals surface area contributed by atoms with E-state index < -0.39 is 17.5 Å². The first-order valence-electron chi connectivity index (χ1n) is 7.96. The number of hydrogen-bond donors (Lipinski definition) is 0. The molecule has 21 heavy (non-hydrogen) atoms. The lowest BCUT2D eigenvalue weighted by atomic mass is 9.70. The Labute approximate surface area is 124 Å². The first kappa shape index (κ1) is 14.9. The maximum absolute atomic E-state index is 13.4. The molecule has 0 bridgehead atoms. The van der Waals surface area contributed by atoms with E-state index in [1.807, 2.05) is 13.8 Å². The van der Waals surface area contributed by atoms with Crippen LogP contribution in [0.2, 0.25) is 0 Å². The Bertz CT molecular complexity index is 510. The monoisotopic (exact) mass is 296 g/mol. The third-order valence-corrected chi connectivity index (χ3v) is 5.69. The van der Waals surface area contributed by atoms with Gasteiger partial charge in [0.1, 0.15) is 0 Å². The van der Waals surface area contributed by atoms with E-state index in [1.165, 1.54) is 38.5 Å². The third-order valence-electron chi connectivity index (χ3n) is 5.69. The molecule has 2 aliphatic rings. The SMILES string of the molecule is CC(C)(CC1CCC2(CC1)CC2)c1cc(F)c(F)c(F)c1. The van der Waals surface area contributed by atoms with Gasteiger partial charge < -0.3 is 0 Å². The van der Waals surface area contributed by atoms with Crippen molar-refractivity contribution in [2.24, 2.45) is 11.3 Å². The van der Waals surface area contributed by atoms with Gasteiger partial charge in [-0.05, 0) is 79.4 Å². The molecule has 116 valence electrons. The summed E-state index contributed by atoms with van der Waals surface area (Å²) in [6, 6.07) is 2.31. The number of rotatable bonds is 3. The fraction of sp³-hybridized carbons (Fsp3) is 0.667. The zero-order valence-electron chi connectivity index (χ0n) is 12.8. The summed E-state index contributed by atoms with van der Waals surface area (Å²) in [4.78, 5) is 0. The second-order valence-corrected chi connectivity index (χ2v) is 7.79. The molecule has 0 amide bonds. The average Bonchev–Trinajstić information content (AvgIpc) is 3.18. The molecule has 1 spiro atoms. The highest BCUT2D eigenvalue weighted by molar-refractivity contribution is 5.26. The molecule has 0 nitrogen and oxygen atoms in total. The number of hydrogen-bond acceptors (Lipinski definition) is 0. The van der Waals surface area contributed by atoms with Gasteiger partial charge in [0.05, 0.1) is 0 Å². The van der Waals surface area contributed by atoms with Crippen LogP contribution in [0.5, 0.6) is 0 Å². The summed E-state index contributed by atoms with van der Waals surface area (Å²) < 4.78 is 40.0. The number of benzene rings is 1. The van der Waals surface area contributed by atoms with Crippen LogP contribution in [0.25, 0.3) is 0 Å². The zero-order valence-corrected chi connectivity index (χ0v) is 12.8. The van der Waals surface area contributed by atoms with Crippen molar-refractivity contribution in [1.82, 2.24) is 0 Å². The number of halogens is 3. The Kier molecular flexibility index (Phi) is 3.58. The fourth-order valence-corrected chi connectivity index (χ4v) is 3.96. The van der Waals surface area contributed by atoms with Gasteiger partial charge in [-0.2, -0.15) is 0 Å². The smallest absolute Gasteiger partial charge is 0.194 e. The minimum atomic E-state index is -1.37. The van der Waals surface area contributed by atoms with Crippen molar-refractivity contribution in [1.29, 1.82) is 0 Å².